The van der Waals surface area contributed by atoms with Crippen molar-refractivity contribution in [3.05, 3.63) is 33.3 Å². The van der Waals surface area contributed by atoms with Gasteiger partial charge in [-0.15, -0.1) is 0 Å². The molecule has 0 radical (unpaired) electrons. The minimum Gasteiger partial charge on any atom is -0.352 e. The van der Waals surface area contributed by atoms with Crippen molar-refractivity contribution in [1.82, 2.24) is 5.32 Å². The minimum atomic E-state index is -0.0217. The van der Waals surface area contributed by atoms with Gasteiger partial charge < -0.3 is 5.32 Å². The van der Waals surface area contributed by atoms with Crippen LogP contribution in [0.15, 0.2) is 22.7 Å². The quantitative estimate of drug-likeness (QED) is 0.802. The molecule has 0 aliphatic heterocycles. The number of carbonyl (C=O) groups excluding carboxylic acids is 1. The highest BCUT2D eigenvalue weighted by molar-refractivity contribution is 9.10. The lowest BCUT2D eigenvalue weighted by Crippen LogP contribution is -2.26. The molecule has 0 spiro atoms. The molecule has 0 atom stereocenters. The van der Waals surface area contributed by atoms with Gasteiger partial charge in [-0.05, 0) is 52.4 Å². The van der Waals surface area contributed by atoms with E-state index in [0.717, 1.165) is 29.3 Å². The topological polar surface area (TPSA) is 29.1 Å². The normalized spacial score (nSPS) is 22.6. The first-order valence-corrected chi connectivity index (χ1v) is 8.46. The van der Waals surface area contributed by atoms with E-state index >= 15 is 0 Å². The van der Waals surface area contributed by atoms with Crippen LogP contribution in [0.1, 0.15) is 49.4 Å². The lowest BCUT2D eigenvalue weighted by Gasteiger charge is -2.26. The Bertz CT molecular complexity index is 470. The Kier molecular flexibility index (Phi) is 5.91. The number of carbonyl (C=O) groups is 1. The molecule has 1 aliphatic rings. The summed E-state index contributed by atoms with van der Waals surface area (Å²) >= 11 is 9.26. The summed E-state index contributed by atoms with van der Waals surface area (Å²) in [6.45, 7) is 3.09. The molecule has 110 valence electrons. The molecule has 0 aromatic heterocycles. The zero-order valence-electron chi connectivity index (χ0n) is 11.8. The van der Waals surface area contributed by atoms with E-state index in [1.807, 2.05) is 0 Å². The van der Waals surface area contributed by atoms with Crippen molar-refractivity contribution in [3.8, 4) is 0 Å². The van der Waals surface area contributed by atoms with Gasteiger partial charge in [0, 0.05) is 16.6 Å². The van der Waals surface area contributed by atoms with E-state index < -0.39 is 0 Å². The van der Waals surface area contributed by atoms with Crippen LogP contribution in [0.25, 0.3) is 0 Å². The van der Waals surface area contributed by atoms with Crippen molar-refractivity contribution in [1.29, 1.82) is 0 Å². The Hall–Kier alpha value is -0.540. The van der Waals surface area contributed by atoms with Crippen molar-refractivity contribution in [2.45, 2.75) is 39.0 Å². The molecule has 1 fully saturated rings. The van der Waals surface area contributed by atoms with Crippen molar-refractivity contribution in [2.24, 2.45) is 11.8 Å². The molecule has 1 saturated carbocycles. The second kappa shape index (κ2) is 7.46. The number of amides is 1. The molecular weight excluding hydrogens is 338 g/mol. The molecule has 4 heteroatoms. The third-order valence-corrected chi connectivity index (χ3v) is 5.37. The highest BCUT2D eigenvalue weighted by Gasteiger charge is 2.18. The van der Waals surface area contributed by atoms with Crippen molar-refractivity contribution >= 4 is 33.4 Å². The largest absolute Gasteiger partial charge is 0.352 e. The molecule has 2 nitrogen and oxygen atoms in total. The molecule has 1 amide bonds. The van der Waals surface area contributed by atoms with Gasteiger partial charge in [-0.3, -0.25) is 4.79 Å². The second-order valence-corrected chi connectivity index (χ2v) is 7.06. The number of hydrogen-bond donors (Lipinski definition) is 1. The van der Waals surface area contributed by atoms with E-state index in [1.165, 1.54) is 25.7 Å². The van der Waals surface area contributed by atoms with Crippen LogP contribution >= 0.6 is 27.5 Å². The van der Waals surface area contributed by atoms with Crippen molar-refractivity contribution in [2.75, 3.05) is 6.54 Å². The van der Waals surface area contributed by atoms with Crippen LogP contribution in [-0.2, 0) is 0 Å². The predicted molar refractivity (Wildman–Crippen MR) is 87.2 cm³/mol. The molecule has 1 N–H and O–H groups in total. The van der Waals surface area contributed by atoms with Crippen LogP contribution in [0.2, 0.25) is 5.02 Å². The zero-order chi connectivity index (χ0) is 14.5. The summed E-state index contributed by atoms with van der Waals surface area (Å²) < 4.78 is 0.757. The maximum Gasteiger partial charge on any atom is 0.251 e. The Morgan fingerprint density at radius 3 is 2.70 bits per heavy atom. The van der Waals surface area contributed by atoms with E-state index in [1.54, 1.807) is 18.2 Å². The summed E-state index contributed by atoms with van der Waals surface area (Å²) in [6.07, 6.45) is 6.38. The fraction of sp³-hybridized carbons (Fsp3) is 0.562. The number of halogens is 2. The zero-order valence-corrected chi connectivity index (χ0v) is 14.1. The molecule has 0 unspecified atom stereocenters. The first-order valence-electron chi connectivity index (χ1n) is 7.29. The number of rotatable bonds is 4. The Morgan fingerprint density at radius 2 is 2.05 bits per heavy atom. The fourth-order valence-electron chi connectivity index (χ4n) is 2.75. The molecule has 2 rings (SSSR count). The van der Waals surface area contributed by atoms with E-state index in [0.29, 0.717) is 10.6 Å². The van der Waals surface area contributed by atoms with Crippen molar-refractivity contribution in [3.63, 3.8) is 0 Å². The van der Waals surface area contributed by atoms with E-state index in [2.05, 4.69) is 28.2 Å². The van der Waals surface area contributed by atoms with Gasteiger partial charge in [0.15, 0.2) is 0 Å². The second-order valence-electron chi connectivity index (χ2n) is 5.80. The number of hydrogen-bond acceptors (Lipinski definition) is 1. The average Bonchev–Trinajstić information content (AvgIpc) is 2.44. The van der Waals surface area contributed by atoms with Crippen LogP contribution in [0.5, 0.6) is 0 Å². The third-order valence-electron chi connectivity index (χ3n) is 4.16. The van der Waals surface area contributed by atoms with Crippen LogP contribution < -0.4 is 5.32 Å². The monoisotopic (exact) mass is 357 g/mol. The van der Waals surface area contributed by atoms with Gasteiger partial charge in [0.2, 0.25) is 0 Å². The average molecular weight is 359 g/mol. The SMILES string of the molecule is CC1CCC(CCNC(=O)c2ccc(Cl)c(Br)c2)CC1. The van der Waals surface area contributed by atoms with Gasteiger partial charge >= 0.3 is 0 Å². The van der Waals surface area contributed by atoms with Crippen LogP contribution in [0, 0.1) is 11.8 Å². The lowest BCUT2D eigenvalue weighted by atomic mass is 9.81. The van der Waals surface area contributed by atoms with Gasteiger partial charge in [0.05, 0.1) is 5.02 Å². The number of nitrogens with one attached hydrogen (secondary N) is 1. The van der Waals surface area contributed by atoms with Crippen LogP contribution in [-0.4, -0.2) is 12.5 Å². The maximum absolute atomic E-state index is 12.0. The first-order chi connectivity index (χ1) is 9.56. The standard InChI is InChI=1S/C16H21BrClNO/c1-11-2-4-12(5-3-11)8-9-19-16(20)13-6-7-15(18)14(17)10-13/h6-7,10-12H,2-5,8-9H2,1H3,(H,19,20). The Balaban J connectivity index is 1.76. The van der Waals surface area contributed by atoms with Gasteiger partial charge in [0.25, 0.3) is 5.91 Å². The summed E-state index contributed by atoms with van der Waals surface area (Å²) in [5.41, 5.74) is 0.651. The molecule has 1 aliphatic carbocycles. The number of benzene rings is 1. The molecule has 20 heavy (non-hydrogen) atoms. The van der Waals surface area contributed by atoms with Gasteiger partial charge in [0.1, 0.15) is 0 Å². The smallest absolute Gasteiger partial charge is 0.251 e. The lowest BCUT2D eigenvalue weighted by molar-refractivity contribution is 0.0949. The van der Waals surface area contributed by atoms with Crippen molar-refractivity contribution < 1.29 is 4.79 Å². The highest BCUT2D eigenvalue weighted by atomic mass is 79.9. The first kappa shape index (κ1) is 15.8. The summed E-state index contributed by atoms with van der Waals surface area (Å²) in [4.78, 5) is 12.0. The van der Waals surface area contributed by atoms with Gasteiger partial charge in [-0.1, -0.05) is 44.2 Å². The molecule has 0 heterocycles. The van der Waals surface area contributed by atoms with E-state index in [4.69, 9.17) is 11.6 Å². The third kappa shape index (κ3) is 4.49. The Labute approximate surface area is 134 Å². The predicted octanol–water partition coefficient (Wildman–Crippen LogP) is 5.05. The van der Waals surface area contributed by atoms with Gasteiger partial charge in [-0.2, -0.15) is 0 Å². The maximum atomic E-state index is 12.0. The fourth-order valence-corrected chi connectivity index (χ4v) is 3.24. The molecule has 0 bridgehead atoms. The molecule has 1 aromatic rings. The molecular formula is C16H21BrClNO. The summed E-state index contributed by atoms with van der Waals surface area (Å²) in [5.74, 6) is 1.64. The van der Waals surface area contributed by atoms with Gasteiger partial charge in [-0.25, -0.2) is 0 Å². The van der Waals surface area contributed by atoms with Crippen LogP contribution in [0.4, 0.5) is 0 Å². The molecule has 0 saturated heterocycles. The van der Waals surface area contributed by atoms with Crippen LogP contribution in [0.3, 0.4) is 0 Å². The summed E-state index contributed by atoms with van der Waals surface area (Å²) in [5, 5.41) is 3.62. The van der Waals surface area contributed by atoms with E-state index in [9.17, 15) is 4.79 Å². The van der Waals surface area contributed by atoms with E-state index in [-0.39, 0.29) is 5.91 Å². The summed E-state index contributed by atoms with van der Waals surface area (Å²) in [7, 11) is 0. The summed E-state index contributed by atoms with van der Waals surface area (Å²) in [6, 6.07) is 5.26. The highest BCUT2D eigenvalue weighted by Crippen LogP contribution is 2.30. The Morgan fingerprint density at radius 1 is 1.35 bits per heavy atom. The molecule has 1 aromatic carbocycles. The minimum absolute atomic E-state index is 0.0217.